The molecule has 2 unspecified atom stereocenters. The predicted molar refractivity (Wildman–Crippen MR) is 84.0 cm³/mol. The van der Waals surface area contributed by atoms with Gasteiger partial charge < -0.3 is 15.0 Å². The van der Waals surface area contributed by atoms with Crippen molar-refractivity contribution < 1.29 is 9.90 Å². The van der Waals surface area contributed by atoms with E-state index in [1.54, 1.807) is 11.9 Å². The highest BCUT2D eigenvalue weighted by atomic mass is 16.3. The Morgan fingerprint density at radius 3 is 2.52 bits per heavy atom. The third-order valence-electron chi connectivity index (χ3n) is 5.50. The van der Waals surface area contributed by atoms with Crippen LogP contribution in [0.2, 0.25) is 0 Å². The number of carbonyl (C=O) groups is 1. The summed E-state index contributed by atoms with van der Waals surface area (Å²) < 4.78 is 0.976. The Hall–Kier alpha value is -1.89. The van der Waals surface area contributed by atoms with Crippen LogP contribution in [0, 0.1) is 11.8 Å². The minimum atomic E-state index is -0.485. The summed E-state index contributed by atoms with van der Waals surface area (Å²) >= 11 is 0. The molecule has 1 aromatic rings. The zero-order chi connectivity index (χ0) is 16.7. The van der Waals surface area contributed by atoms with Crippen molar-refractivity contribution in [2.45, 2.75) is 44.2 Å². The molecule has 7 nitrogen and oxygen atoms in total. The zero-order valence-corrected chi connectivity index (χ0v) is 13.5. The summed E-state index contributed by atoms with van der Waals surface area (Å²) in [4.78, 5) is 40.0. The fourth-order valence-corrected chi connectivity index (χ4v) is 4.10. The Balaban J connectivity index is 1.66. The van der Waals surface area contributed by atoms with Gasteiger partial charge in [0.1, 0.15) is 0 Å². The summed E-state index contributed by atoms with van der Waals surface area (Å²) in [5, 5.41) is 9.70. The Labute approximate surface area is 133 Å². The van der Waals surface area contributed by atoms with Gasteiger partial charge in [0.2, 0.25) is 5.91 Å². The number of aliphatic hydroxyl groups excluding tert-OH is 1. The molecule has 126 valence electrons. The summed E-state index contributed by atoms with van der Waals surface area (Å²) in [6, 6.07) is 0.177. The Bertz CT molecular complexity index is 709. The van der Waals surface area contributed by atoms with Crippen LogP contribution in [0.15, 0.2) is 15.8 Å². The minimum absolute atomic E-state index is 0.00554. The monoisotopic (exact) mass is 321 g/mol. The van der Waals surface area contributed by atoms with Gasteiger partial charge in [-0.2, -0.15) is 0 Å². The average Bonchev–Trinajstić information content (AvgIpc) is 3.04. The molecule has 2 saturated carbocycles. The molecule has 4 atom stereocenters. The van der Waals surface area contributed by atoms with E-state index in [2.05, 4.69) is 4.98 Å². The fourth-order valence-electron chi connectivity index (χ4n) is 4.10. The number of aromatic nitrogens is 2. The lowest BCUT2D eigenvalue weighted by molar-refractivity contribution is -0.131. The molecule has 7 heteroatoms. The van der Waals surface area contributed by atoms with Gasteiger partial charge in [0, 0.05) is 31.9 Å². The fraction of sp³-hybridized carbons (Fsp3) is 0.688. The van der Waals surface area contributed by atoms with E-state index in [9.17, 15) is 19.5 Å². The number of nitrogens with zero attached hydrogens (tertiary/aromatic N) is 2. The summed E-state index contributed by atoms with van der Waals surface area (Å²) in [6.07, 6.45) is 4.66. The molecule has 1 heterocycles. The maximum atomic E-state index is 12.5. The number of hydrogen-bond donors (Lipinski definition) is 2. The molecule has 0 bridgehead atoms. The second-order valence-corrected chi connectivity index (χ2v) is 6.94. The lowest BCUT2D eigenvalue weighted by Gasteiger charge is -2.25. The zero-order valence-electron chi connectivity index (χ0n) is 13.5. The van der Waals surface area contributed by atoms with Crippen molar-refractivity contribution in [1.29, 1.82) is 0 Å². The number of aliphatic hydroxyl groups is 1. The van der Waals surface area contributed by atoms with Crippen LogP contribution in [-0.2, 0) is 18.3 Å². The summed E-state index contributed by atoms with van der Waals surface area (Å²) in [5.74, 6) is 0.900. The Morgan fingerprint density at radius 2 is 1.91 bits per heavy atom. The maximum absolute atomic E-state index is 12.5. The van der Waals surface area contributed by atoms with Crippen LogP contribution >= 0.6 is 0 Å². The first kappa shape index (κ1) is 16.0. The van der Waals surface area contributed by atoms with Crippen LogP contribution < -0.4 is 11.2 Å². The number of H-pyrrole nitrogens is 1. The van der Waals surface area contributed by atoms with Crippen molar-refractivity contribution in [3.63, 3.8) is 0 Å². The summed E-state index contributed by atoms with van der Waals surface area (Å²) in [6.45, 7) is 0. The lowest BCUT2D eigenvalue weighted by atomic mass is 10.0. The second kappa shape index (κ2) is 5.96. The molecule has 0 saturated heterocycles. The van der Waals surface area contributed by atoms with E-state index in [0.29, 0.717) is 17.4 Å². The maximum Gasteiger partial charge on any atom is 0.328 e. The smallest absolute Gasteiger partial charge is 0.328 e. The van der Waals surface area contributed by atoms with Crippen LogP contribution in [0.3, 0.4) is 0 Å². The molecular weight excluding hydrogens is 298 g/mol. The lowest BCUT2D eigenvalue weighted by Crippen LogP contribution is -2.40. The molecule has 23 heavy (non-hydrogen) atoms. The van der Waals surface area contributed by atoms with Gasteiger partial charge in [0.25, 0.3) is 5.56 Å². The van der Waals surface area contributed by atoms with Crippen molar-refractivity contribution in [2.75, 3.05) is 7.05 Å². The highest BCUT2D eigenvalue weighted by molar-refractivity contribution is 5.78. The number of fused-ring (bicyclic) bond motifs is 1. The summed E-state index contributed by atoms with van der Waals surface area (Å²) in [7, 11) is 3.17. The summed E-state index contributed by atoms with van der Waals surface area (Å²) in [5.41, 5.74) is -0.610. The first-order chi connectivity index (χ1) is 10.9. The Kier molecular flexibility index (Phi) is 4.14. The third-order valence-corrected chi connectivity index (χ3v) is 5.50. The van der Waals surface area contributed by atoms with E-state index in [1.165, 1.54) is 13.2 Å². The van der Waals surface area contributed by atoms with Crippen molar-refractivity contribution in [3.05, 3.63) is 32.6 Å². The van der Waals surface area contributed by atoms with E-state index in [0.717, 1.165) is 30.3 Å². The van der Waals surface area contributed by atoms with Gasteiger partial charge in [0.05, 0.1) is 12.5 Å². The van der Waals surface area contributed by atoms with Gasteiger partial charge in [-0.25, -0.2) is 4.79 Å². The normalized spacial score (nSPS) is 29.5. The first-order valence-electron chi connectivity index (χ1n) is 8.08. The largest absolute Gasteiger partial charge is 0.393 e. The van der Waals surface area contributed by atoms with Crippen molar-refractivity contribution in [3.8, 4) is 0 Å². The predicted octanol–water partition coefficient (Wildman–Crippen LogP) is -0.376. The SMILES string of the molecule is CN(C(=O)Cc1c[nH]c(=O)n(C)c1=O)C1C[C@H]2CC(O)C[C@H]2C1. The molecule has 2 aliphatic carbocycles. The van der Waals surface area contributed by atoms with Crippen LogP contribution in [0.5, 0.6) is 0 Å². The van der Waals surface area contributed by atoms with Gasteiger partial charge in [-0.1, -0.05) is 0 Å². The van der Waals surface area contributed by atoms with Crippen LogP contribution in [0.25, 0.3) is 0 Å². The molecule has 0 spiro atoms. The number of rotatable bonds is 3. The molecule has 2 N–H and O–H groups in total. The molecule has 1 aromatic heterocycles. The number of aromatic amines is 1. The number of nitrogens with one attached hydrogen (secondary N) is 1. The highest BCUT2D eigenvalue weighted by Crippen LogP contribution is 2.45. The van der Waals surface area contributed by atoms with E-state index in [-0.39, 0.29) is 24.5 Å². The third kappa shape index (κ3) is 2.97. The average molecular weight is 321 g/mol. The molecular formula is C16H23N3O4. The minimum Gasteiger partial charge on any atom is -0.393 e. The number of amides is 1. The van der Waals surface area contributed by atoms with Gasteiger partial charge in [-0.3, -0.25) is 14.2 Å². The van der Waals surface area contributed by atoms with Gasteiger partial charge in [-0.05, 0) is 37.5 Å². The number of hydrogen-bond acceptors (Lipinski definition) is 4. The van der Waals surface area contributed by atoms with E-state index in [4.69, 9.17) is 0 Å². The number of carbonyl (C=O) groups excluding carboxylic acids is 1. The van der Waals surface area contributed by atoms with Gasteiger partial charge >= 0.3 is 5.69 Å². The topological polar surface area (TPSA) is 95.4 Å². The molecule has 0 radical (unpaired) electrons. The van der Waals surface area contributed by atoms with Crippen molar-refractivity contribution >= 4 is 5.91 Å². The van der Waals surface area contributed by atoms with E-state index in [1.807, 2.05) is 0 Å². The molecule has 1 amide bonds. The molecule has 2 fully saturated rings. The van der Waals surface area contributed by atoms with Gasteiger partial charge in [0.15, 0.2) is 0 Å². The Morgan fingerprint density at radius 1 is 1.30 bits per heavy atom. The molecule has 0 aliphatic heterocycles. The van der Waals surface area contributed by atoms with E-state index < -0.39 is 11.2 Å². The quantitative estimate of drug-likeness (QED) is 0.793. The highest BCUT2D eigenvalue weighted by Gasteiger charge is 2.43. The van der Waals surface area contributed by atoms with Crippen molar-refractivity contribution in [1.82, 2.24) is 14.5 Å². The van der Waals surface area contributed by atoms with Crippen molar-refractivity contribution in [2.24, 2.45) is 18.9 Å². The number of likely N-dealkylation sites (N-methyl/N-ethyl adjacent to an activating group) is 1. The van der Waals surface area contributed by atoms with E-state index >= 15 is 0 Å². The second-order valence-electron chi connectivity index (χ2n) is 6.94. The van der Waals surface area contributed by atoms with Crippen LogP contribution in [-0.4, -0.2) is 44.7 Å². The first-order valence-corrected chi connectivity index (χ1v) is 8.08. The molecule has 3 rings (SSSR count). The van der Waals surface area contributed by atoms with Crippen LogP contribution in [0.1, 0.15) is 31.2 Å². The van der Waals surface area contributed by atoms with Crippen LogP contribution in [0.4, 0.5) is 0 Å². The standard InChI is InChI=1S/C16H23N3O4/c1-18(12-3-9-5-13(20)6-10(9)4-12)14(21)7-11-8-17-16(23)19(2)15(11)22/h8-10,12-13,20H,3-7H2,1-2H3,(H,17,23)/t9-,10+,12?,13?. The molecule has 2 aliphatic rings. The van der Waals surface area contributed by atoms with Gasteiger partial charge in [-0.15, -0.1) is 0 Å². The molecule has 0 aromatic carbocycles.